The molecule has 0 heterocycles. The van der Waals surface area contributed by atoms with E-state index in [1.54, 1.807) is 0 Å². The predicted molar refractivity (Wildman–Crippen MR) is 87.2 cm³/mol. The highest BCUT2D eigenvalue weighted by Gasteiger charge is 2.06. The van der Waals surface area contributed by atoms with Crippen molar-refractivity contribution in [3.63, 3.8) is 0 Å². The lowest BCUT2D eigenvalue weighted by atomic mass is 10.2. The Labute approximate surface area is 132 Å². The van der Waals surface area contributed by atoms with E-state index in [2.05, 4.69) is 12.2 Å². The monoisotopic (exact) mass is 315 g/mol. The number of unbranched alkanes of at least 4 members (excludes halogenated alkanes) is 1. The fourth-order valence-electron chi connectivity index (χ4n) is 1.75. The molecule has 21 heavy (non-hydrogen) atoms. The van der Waals surface area contributed by atoms with Crippen molar-refractivity contribution in [3.05, 3.63) is 28.8 Å². The molecule has 0 aliphatic carbocycles. The van der Waals surface area contributed by atoms with Crippen LogP contribution in [0.2, 0.25) is 5.02 Å². The first-order chi connectivity index (χ1) is 10.1. The predicted octanol–water partition coefficient (Wildman–Crippen LogP) is 3.25. The van der Waals surface area contributed by atoms with E-state index in [-0.39, 0.29) is 6.61 Å². The number of ether oxygens (including phenoxy) is 2. The van der Waals surface area contributed by atoms with Crippen LogP contribution in [0.5, 0.6) is 0 Å². The fourth-order valence-corrected chi connectivity index (χ4v) is 1.93. The Balaban J connectivity index is 2.11. The van der Waals surface area contributed by atoms with E-state index in [1.807, 2.05) is 25.1 Å². The van der Waals surface area contributed by atoms with Gasteiger partial charge in [-0.1, -0.05) is 31.0 Å². The molecule has 1 atom stereocenters. The second kappa shape index (κ2) is 10.9. The number of benzene rings is 1. The zero-order valence-electron chi connectivity index (χ0n) is 12.9. The zero-order chi connectivity index (χ0) is 15.5. The quantitative estimate of drug-likeness (QED) is 0.615. The zero-order valence-corrected chi connectivity index (χ0v) is 13.7. The third kappa shape index (κ3) is 8.27. The first-order valence-electron chi connectivity index (χ1n) is 7.47. The molecule has 0 saturated heterocycles. The molecular weight excluding hydrogens is 290 g/mol. The van der Waals surface area contributed by atoms with Gasteiger partial charge in [-0.15, -0.1) is 0 Å². The van der Waals surface area contributed by atoms with Crippen LogP contribution in [0.3, 0.4) is 0 Å². The topological polar surface area (TPSA) is 50.7 Å². The van der Waals surface area contributed by atoms with Crippen LogP contribution in [0.1, 0.15) is 25.3 Å². The molecule has 0 aliphatic rings. The highest BCUT2D eigenvalue weighted by Crippen LogP contribution is 2.22. The Morgan fingerprint density at radius 1 is 1.24 bits per heavy atom. The Bertz CT molecular complexity index is 401. The highest BCUT2D eigenvalue weighted by molar-refractivity contribution is 6.33. The van der Waals surface area contributed by atoms with Gasteiger partial charge in [-0.3, -0.25) is 0 Å². The van der Waals surface area contributed by atoms with Crippen LogP contribution in [-0.4, -0.2) is 44.2 Å². The maximum atomic E-state index is 9.84. The summed E-state index contributed by atoms with van der Waals surface area (Å²) in [5.74, 6) is 0. The Morgan fingerprint density at radius 3 is 2.76 bits per heavy atom. The van der Waals surface area contributed by atoms with Crippen LogP contribution in [0.25, 0.3) is 0 Å². The third-order valence-electron chi connectivity index (χ3n) is 2.97. The van der Waals surface area contributed by atoms with Gasteiger partial charge >= 0.3 is 0 Å². The van der Waals surface area contributed by atoms with Crippen LogP contribution in [-0.2, 0) is 9.47 Å². The van der Waals surface area contributed by atoms with Crippen molar-refractivity contribution in [3.8, 4) is 0 Å². The summed E-state index contributed by atoms with van der Waals surface area (Å²) in [7, 11) is 0. The Kier molecular flexibility index (Phi) is 9.42. The lowest BCUT2D eigenvalue weighted by Crippen LogP contribution is -2.25. The normalized spacial score (nSPS) is 12.4. The first-order valence-corrected chi connectivity index (χ1v) is 7.85. The van der Waals surface area contributed by atoms with Gasteiger partial charge in [0.05, 0.1) is 36.6 Å². The minimum atomic E-state index is -0.572. The summed E-state index contributed by atoms with van der Waals surface area (Å²) in [5, 5.41) is 13.6. The van der Waals surface area contributed by atoms with Crippen molar-refractivity contribution >= 4 is 17.3 Å². The van der Waals surface area contributed by atoms with E-state index < -0.39 is 6.10 Å². The second-order valence-corrected chi connectivity index (χ2v) is 5.47. The lowest BCUT2D eigenvalue weighted by molar-refractivity contribution is 0.00749. The van der Waals surface area contributed by atoms with E-state index in [0.29, 0.717) is 24.8 Å². The van der Waals surface area contributed by atoms with Crippen molar-refractivity contribution in [2.45, 2.75) is 32.8 Å². The molecule has 0 aromatic heterocycles. The summed E-state index contributed by atoms with van der Waals surface area (Å²) >= 11 is 6.07. The molecule has 1 rings (SSSR count). The van der Waals surface area contributed by atoms with Gasteiger partial charge in [0.25, 0.3) is 0 Å². The van der Waals surface area contributed by atoms with Gasteiger partial charge in [-0.2, -0.15) is 0 Å². The molecule has 1 aromatic carbocycles. The number of hydrogen-bond acceptors (Lipinski definition) is 4. The molecule has 5 heteroatoms. The van der Waals surface area contributed by atoms with Crippen molar-refractivity contribution in [2.24, 2.45) is 0 Å². The fraction of sp³-hybridized carbons (Fsp3) is 0.625. The molecule has 2 N–H and O–H groups in total. The Morgan fingerprint density at radius 2 is 2.00 bits per heavy atom. The van der Waals surface area contributed by atoms with Gasteiger partial charge in [0.1, 0.15) is 0 Å². The number of aliphatic hydroxyl groups excluding tert-OH is 1. The first kappa shape index (κ1) is 18.2. The average Bonchev–Trinajstić information content (AvgIpc) is 2.47. The molecule has 4 nitrogen and oxygen atoms in total. The largest absolute Gasteiger partial charge is 0.389 e. The maximum Gasteiger partial charge on any atom is 0.0945 e. The molecule has 0 saturated carbocycles. The van der Waals surface area contributed by atoms with E-state index >= 15 is 0 Å². The molecule has 1 aromatic rings. The minimum absolute atomic E-state index is 0.285. The van der Waals surface area contributed by atoms with Crippen LogP contribution in [0.4, 0.5) is 5.69 Å². The SMILES string of the molecule is CCCCOCCOCC(O)CNc1cc(C)ccc1Cl. The summed E-state index contributed by atoms with van der Waals surface area (Å²) in [5.41, 5.74) is 1.95. The van der Waals surface area contributed by atoms with Crippen molar-refractivity contribution in [1.29, 1.82) is 0 Å². The van der Waals surface area contributed by atoms with E-state index in [4.69, 9.17) is 21.1 Å². The molecule has 0 amide bonds. The highest BCUT2D eigenvalue weighted by atomic mass is 35.5. The molecule has 0 fully saturated rings. The number of anilines is 1. The van der Waals surface area contributed by atoms with Crippen LogP contribution in [0, 0.1) is 6.92 Å². The van der Waals surface area contributed by atoms with Crippen LogP contribution in [0.15, 0.2) is 18.2 Å². The van der Waals surface area contributed by atoms with Crippen LogP contribution < -0.4 is 5.32 Å². The van der Waals surface area contributed by atoms with Gasteiger partial charge in [-0.05, 0) is 31.0 Å². The number of aliphatic hydroxyl groups is 1. The van der Waals surface area contributed by atoms with Gasteiger partial charge < -0.3 is 19.9 Å². The number of halogens is 1. The lowest BCUT2D eigenvalue weighted by Gasteiger charge is -2.14. The summed E-state index contributed by atoms with van der Waals surface area (Å²) < 4.78 is 10.7. The third-order valence-corrected chi connectivity index (χ3v) is 3.30. The molecule has 0 spiro atoms. The standard InChI is InChI=1S/C16H26ClNO3/c1-3-4-7-20-8-9-21-12-14(19)11-18-16-10-13(2)5-6-15(16)17/h5-6,10,14,18-19H,3-4,7-9,11-12H2,1-2H3. The molecule has 1 unspecified atom stereocenters. The summed E-state index contributed by atoms with van der Waals surface area (Å²) in [6, 6.07) is 5.75. The van der Waals surface area contributed by atoms with Gasteiger partial charge in [0.2, 0.25) is 0 Å². The smallest absolute Gasteiger partial charge is 0.0945 e. The number of nitrogens with one attached hydrogen (secondary N) is 1. The second-order valence-electron chi connectivity index (χ2n) is 5.06. The average molecular weight is 316 g/mol. The van der Waals surface area contributed by atoms with Crippen molar-refractivity contribution in [1.82, 2.24) is 0 Å². The van der Waals surface area contributed by atoms with Crippen molar-refractivity contribution in [2.75, 3.05) is 38.3 Å². The molecule has 0 radical (unpaired) electrons. The van der Waals surface area contributed by atoms with Gasteiger partial charge in [0, 0.05) is 13.2 Å². The van der Waals surface area contributed by atoms with E-state index in [1.165, 1.54) is 0 Å². The van der Waals surface area contributed by atoms with Crippen molar-refractivity contribution < 1.29 is 14.6 Å². The van der Waals surface area contributed by atoms with E-state index in [9.17, 15) is 5.11 Å². The number of rotatable bonds is 11. The molecule has 0 aliphatic heterocycles. The maximum absolute atomic E-state index is 9.84. The Hall–Kier alpha value is -0.810. The van der Waals surface area contributed by atoms with Crippen LogP contribution >= 0.6 is 11.6 Å². The minimum Gasteiger partial charge on any atom is -0.389 e. The summed E-state index contributed by atoms with van der Waals surface area (Å²) in [4.78, 5) is 0. The number of hydrogen-bond donors (Lipinski definition) is 2. The molecule has 120 valence electrons. The molecule has 0 bridgehead atoms. The summed E-state index contributed by atoms with van der Waals surface area (Å²) in [6.45, 7) is 6.67. The molecular formula is C16H26ClNO3. The van der Waals surface area contributed by atoms with Gasteiger partial charge in [-0.25, -0.2) is 0 Å². The summed E-state index contributed by atoms with van der Waals surface area (Å²) in [6.07, 6.45) is 1.63. The van der Waals surface area contributed by atoms with Gasteiger partial charge in [0.15, 0.2) is 0 Å². The van der Waals surface area contributed by atoms with E-state index in [0.717, 1.165) is 30.7 Å². The number of aryl methyl sites for hydroxylation is 1.